The standard InChI is InChI=1S/C57H103NO8/c1-3-5-7-9-11-13-15-17-19-20-21-22-23-24-25-26-27-28-29-30-31-32-33-35-37-39-41-43-45-47-53(61)58-50(49-65-57-56(64)55(63)54(62)52(48-59)66-57)51(60)46-44-42-40-38-36-34-18-16-14-12-10-8-6-4-2/h5,7,11,13,17,19,21-22,24-25,50-52,54-57,59-60,62-64H,3-4,6,8-10,12,14-16,18,20,23,26-49H2,1-2H3,(H,58,61)/b7-5-,13-11-,19-17-,22-21-,25-24-. The number of nitrogens with one attached hydrogen (secondary N) is 1. The van der Waals surface area contributed by atoms with Crippen molar-refractivity contribution in [3.63, 3.8) is 0 Å². The largest absolute Gasteiger partial charge is 0.394 e. The summed E-state index contributed by atoms with van der Waals surface area (Å²) in [5, 5.41) is 54.6. The lowest BCUT2D eigenvalue weighted by Crippen LogP contribution is -2.60. The summed E-state index contributed by atoms with van der Waals surface area (Å²) in [4.78, 5) is 13.0. The third-order valence-corrected chi connectivity index (χ3v) is 12.9. The molecule has 7 atom stereocenters. The van der Waals surface area contributed by atoms with Crippen molar-refractivity contribution < 1.29 is 39.8 Å². The van der Waals surface area contributed by atoms with E-state index in [1.807, 2.05) is 0 Å². The van der Waals surface area contributed by atoms with Gasteiger partial charge in [0.2, 0.25) is 5.91 Å². The Hall–Kier alpha value is -2.11. The van der Waals surface area contributed by atoms with Gasteiger partial charge in [0, 0.05) is 6.42 Å². The number of aliphatic hydroxyl groups excluding tert-OH is 5. The molecule has 1 rings (SSSR count). The molecule has 1 aliphatic rings. The van der Waals surface area contributed by atoms with E-state index in [1.165, 1.54) is 141 Å². The second-order valence-corrected chi connectivity index (χ2v) is 19.0. The lowest BCUT2D eigenvalue weighted by Gasteiger charge is -2.40. The quantitative estimate of drug-likeness (QED) is 0.0261. The number of hydrogen-bond acceptors (Lipinski definition) is 8. The third-order valence-electron chi connectivity index (χ3n) is 12.9. The van der Waals surface area contributed by atoms with Crippen molar-refractivity contribution in [3.8, 4) is 0 Å². The molecule has 0 aromatic carbocycles. The summed E-state index contributed by atoms with van der Waals surface area (Å²) in [6.07, 6.45) is 55.2. The fourth-order valence-corrected chi connectivity index (χ4v) is 8.54. The van der Waals surface area contributed by atoms with Crippen molar-refractivity contribution in [2.45, 2.75) is 281 Å². The summed E-state index contributed by atoms with van der Waals surface area (Å²) in [7, 11) is 0. The van der Waals surface area contributed by atoms with Crippen LogP contribution in [0.25, 0.3) is 0 Å². The second-order valence-electron chi connectivity index (χ2n) is 19.0. The Morgan fingerprint density at radius 1 is 0.530 bits per heavy atom. The summed E-state index contributed by atoms with van der Waals surface area (Å²) in [5.74, 6) is -0.147. The van der Waals surface area contributed by atoms with Gasteiger partial charge in [-0.15, -0.1) is 0 Å². The van der Waals surface area contributed by atoms with Crippen LogP contribution in [0.5, 0.6) is 0 Å². The molecule has 9 nitrogen and oxygen atoms in total. The topological polar surface area (TPSA) is 149 Å². The smallest absolute Gasteiger partial charge is 0.220 e. The molecule has 66 heavy (non-hydrogen) atoms. The molecule has 7 unspecified atom stereocenters. The van der Waals surface area contributed by atoms with Crippen LogP contribution in [-0.4, -0.2) is 87.5 Å². The lowest BCUT2D eigenvalue weighted by atomic mass is 9.99. The zero-order valence-corrected chi connectivity index (χ0v) is 42.4. The zero-order valence-electron chi connectivity index (χ0n) is 42.4. The highest BCUT2D eigenvalue weighted by Gasteiger charge is 2.44. The molecule has 1 heterocycles. The summed E-state index contributed by atoms with van der Waals surface area (Å²) < 4.78 is 11.3. The first-order valence-electron chi connectivity index (χ1n) is 27.5. The molecule has 0 aliphatic carbocycles. The van der Waals surface area contributed by atoms with Crippen LogP contribution in [0.1, 0.15) is 239 Å². The number of aliphatic hydroxyl groups is 5. The highest BCUT2D eigenvalue weighted by molar-refractivity contribution is 5.76. The average molecular weight is 930 g/mol. The van der Waals surface area contributed by atoms with Gasteiger partial charge < -0.3 is 40.3 Å². The van der Waals surface area contributed by atoms with Gasteiger partial charge in [0.1, 0.15) is 24.4 Å². The number of ether oxygens (including phenoxy) is 2. The fraction of sp³-hybridized carbons (Fsp3) is 0.807. The number of carbonyl (C=O) groups excluding carboxylic acids is 1. The van der Waals surface area contributed by atoms with Gasteiger partial charge >= 0.3 is 0 Å². The van der Waals surface area contributed by atoms with Crippen LogP contribution in [0.15, 0.2) is 60.8 Å². The van der Waals surface area contributed by atoms with E-state index in [1.54, 1.807) is 0 Å². The number of allylic oxidation sites excluding steroid dienone is 10. The van der Waals surface area contributed by atoms with Crippen LogP contribution in [0, 0.1) is 0 Å². The molecule has 1 saturated heterocycles. The van der Waals surface area contributed by atoms with Crippen molar-refractivity contribution in [2.75, 3.05) is 13.2 Å². The van der Waals surface area contributed by atoms with E-state index < -0.39 is 49.5 Å². The Kier molecular flexibility index (Phi) is 43.7. The van der Waals surface area contributed by atoms with Crippen molar-refractivity contribution in [3.05, 3.63) is 60.8 Å². The van der Waals surface area contributed by atoms with Gasteiger partial charge in [-0.1, -0.05) is 235 Å². The molecule has 6 N–H and O–H groups in total. The first-order valence-corrected chi connectivity index (χ1v) is 27.5. The van der Waals surface area contributed by atoms with Crippen molar-refractivity contribution in [1.82, 2.24) is 5.32 Å². The summed E-state index contributed by atoms with van der Waals surface area (Å²) >= 11 is 0. The summed E-state index contributed by atoms with van der Waals surface area (Å²) in [6, 6.07) is -0.721. The van der Waals surface area contributed by atoms with E-state index in [-0.39, 0.29) is 12.5 Å². The van der Waals surface area contributed by atoms with Crippen LogP contribution in [-0.2, 0) is 14.3 Å². The molecule has 9 heteroatoms. The van der Waals surface area contributed by atoms with Gasteiger partial charge in [0.15, 0.2) is 6.29 Å². The van der Waals surface area contributed by atoms with E-state index in [9.17, 15) is 30.3 Å². The molecule has 0 aromatic rings. The lowest BCUT2D eigenvalue weighted by molar-refractivity contribution is -0.302. The molecule has 0 aromatic heterocycles. The van der Waals surface area contributed by atoms with Crippen LogP contribution in [0.2, 0.25) is 0 Å². The zero-order chi connectivity index (χ0) is 48.0. The summed E-state index contributed by atoms with van der Waals surface area (Å²) in [6.45, 7) is 3.73. The van der Waals surface area contributed by atoms with Crippen molar-refractivity contribution in [1.29, 1.82) is 0 Å². The summed E-state index contributed by atoms with van der Waals surface area (Å²) in [5.41, 5.74) is 0. The van der Waals surface area contributed by atoms with Crippen LogP contribution >= 0.6 is 0 Å². The van der Waals surface area contributed by atoms with E-state index in [4.69, 9.17) is 9.47 Å². The Labute approximate surface area is 405 Å². The molecule has 0 radical (unpaired) electrons. The molecule has 1 aliphatic heterocycles. The number of unbranched alkanes of at least 4 members (excludes halogenated alkanes) is 26. The first-order chi connectivity index (χ1) is 32.3. The Morgan fingerprint density at radius 2 is 0.939 bits per heavy atom. The van der Waals surface area contributed by atoms with E-state index in [0.717, 1.165) is 70.6 Å². The minimum atomic E-state index is -1.55. The van der Waals surface area contributed by atoms with E-state index in [2.05, 4.69) is 79.9 Å². The van der Waals surface area contributed by atoms with Crippen LogP contribution < -0.4 is 5.32 Å². The van der Waals surface area contributed by atoms with E-state index >= 15 is 0 Å². The minimum absolute atomic E-state index is 0.139. The second kappa shape index (κ2) is 46.6. The monoisotopic (exact) mass is 930 g/mol. The fourth-order valence-electron chi connectivity index (χ4n) is 8.54. The third kappa shape index (κ3) is 36.0. The SMILES string of the molecule is CC/C=C\C/C=C\C/C=C\C/C=C\C/C=C\CCCCCCCCCCCCCCCC(=O)NC(COC1OC(CO)C(O)C(O)C1O)C(O)CCCCCCCCCCCCCCCC. The Morgan fingerprint density at radius 3 is 1.39 bits per heavy atom. The average Bonchev–Trinajstić information content (AvgIpc) is 3.32. The molecular formula is C57H103NO8. The molecular weight excluding hydrogens is 827 g/mol. The molecule has 0 spiro atoms. The van der Waals surface area contributed by atoms with Crippen LogP contribution in [0.3, 0.4) is 0 Å². The molecule has 0 saturated carbocycles. The maximum atomic E-state index is 13.0. The van der Waals surface area contributed by atoms with Crippen molar-refractivity contribution >= 4 is 5.91 Å². The maximum Gasteiger partial charge on any atom is 0.220 e. The first kappa shape index (κ1) is 61.9. The molecule has 1 fully saturated rings. The normalized spacial score (nSPS) is 20.3. The predicted octanol–water partition coefficient (Wildman–Crippen LogP) is 13.1. The van der Waals surface area contributed by atoms with Gasteiger partial charge in [-0.25, -0.2) is 0 Å². The predicted molar refractivity (Wildman–Crippen MR) is 276 cm³/mol. The number of amides is 1. The number of rotatable bonds is 46. The van der Waals surface area contributed by atoms with Gasteiger partial charge in [-0.3, -0.25) is 4.79 Å². The molecule has 384 valence electrons. The van der Waals surface area contributed by atoms with Gasteiger partial charge in [-0.05, 0) is 57.8 Å². The molecule has 0 bridgehead atoms. The number of hydrogen-bond donors (Lipinski definition) is 6. The number of carbonyl (C=O) groups is 1. The highest BCUT2D eigenvalue weighted by atomic mass is 16.7. The Bertz CT molecular complexity index is 1220. The molecule has 1 amide bonds. The maximum absolute atomic E-state index is 13.0. The Balaban J connectivity index is 2.18. The minimum Gasteiger partial charge on any atom is -0.394 e. The highest BCUT2D eigenvalue weighted by Crippen LogP contribution is 2.23. The van der Waals surface area contributed by atoms with Gasteiger partial charge in [0.05, 0.1) is 25.4 Å². The van der Waals surface area contributed by atoms with Crippen LogP contribution in [0.4, 0.5) is 0 Å². The van der Waals surface area contributed by atoms with Gasteiger partial charge in [-0.2, -0.15) is 0 Å². The van der Waals surface area contributed by atoms with Crippen molar-refractivity contribution in [2.24, 2.45) is 0 Å². The van der Waals surface area contributed by atoms with E-state index in [0.29, 0.717) is 12.8 Å². The van der Waals surface area contributed by atoms with Gasteiger partial charge in [0.25, 0.3) is 0 Å².